The Balaban J connectivity index is 2.12. The monoisotopic (exact) mass is 295 g/mol. The summed E-state index contributed by atoms with van der Waals surface area (Å²) in [6.45, 7) is -0.210. The molecule has 0 bridgehead atoms. The van der Waals surface area contributed by atoms with Gasteiger partial charge in [0.05, 0.1) is 12.0 Å². The van der Waals surface area contributed by atoms with Gasteiger partial charge >= 0.3 is 6.61 Å². The number of halogens is 2. The summed E-state index contributed by atoms with van der Waals surface area (Å²) in [6, 6.07) is 6.82. The Morgan fingerprint density at radius 3 is 2.71 bits per heavy atom. The van der Waals surface area contributed by atoms with Crippen molar-refractivity contribution < 1.29 is 13.5 Å². The van der Waals surface area contributed by atoms with Gasteiger partial charge in [0.1, 0.15) is 5.75 Å². The highest BCUT2D eigenvalue weighted by Crippen LogP contribution is 2.28. The molecule has 0 aliphatic rings. The summed E-state index contributed by atoms with van der Waals surface area (Å²) in [5.41, 5.74) is 1.77. The highest BCUT2D eigenvalue weighted by molar-refractivity contribution is 5.36. The molecule has 1 aromatic heterocycles. The van der Waals surface area contributed by atoms with E-state index in [1.807, 2.05) is 30.7 Å². The van der Waals surface area contributed by atoms with Gasteiger partial charge in [0.2, 0.25) is 0 Å². The van der Waals surface area contributed by atoms with Gasteiger partial charge in [0, 0.05) is 31.4 Å². The first-order valence-corrected chi connectivity index (χ1v) is 6.84. The van der Waals surface area contributed by atoms with Crippen molar-refractivity contribution in [1.82, 2.24) is 14.9 Å². The Kier molecular flexibility index (Phi) is 5.27. The van der Waals surface area contributed by atoms with E-state index in [4.69, 9.17) is 0 Å². The molecule has 4 nitrogen and oxygen atoms in total. The standard InChI is InChI=1S/C15H19F2N3O/c1-3-13(19-9-11-8-18-10-20(11)2)12-6-4-5-7-14(12)21-15(16)17/h4-8,10,13,15,19H,3,9H2,1-2H3. The molecular formula is C15H19F2N3O. The Bertz CT molecular complexity index is 572. The summed E-state index contributed by atoms with van der Waals surface area (Å²) in [4.78, 5) is 4.05. The van der Waals surface area contributed by atoms with Crippen molar-refractivity contribution in [3.05, 3.63) is 48.0 Å². The molecule has 0 amide bonds. The smallest absolute Gasteiger partial charge is 0.387 e. The molecule has 0 aliphatic carbocycles. The Morgan fingerprint density at radius 2 is 2.10 bits per heavy atom. The number of aromatic nitrogens is 2. The fraction of sp³-hybridized carbons (Fsp3) is 0.400. The fourth-order valence-corrected chi connectivity index (χ4v) is 2.23. The summed E-state index contributed by atoms with van der Waals surface area (Å²) in [7, 11) is 1.92. The summed E-state index contributed by atoms with van der Waals surface area (Å²) < 4.78 is 31.5. The predicted octanol–water partition coefficient (Wildman–Crippen LogP) is 3.26. The van der Waals surface area contributed by atoms with E-state index in [9.17, 15) is 8.78 Å². The zero-order valence-electron chi connectivity index (χ0n) is 12.1. The number of ether oxygens (including phenoxy) is 1. The van der Waals surface area contributed by atoms with Gasteiger partial charge in [-0.15, -0.1) is 0 Å². The molecule has 0 spiro atoms. The third-order valence-electron chi connectivity index (χ3n) is 3.36. The molecule has 0 aliphatic heterocycles. The molecule has 0 radical (unpaired) electrons. The van der Waals surface area contributed by atoms with Crippen LogP contribution in [0.4, 0.5) is 8.78 Å². The second-order valence-corrected chi connectivity index (χ2v) is 4.75. The average molecular weight is 295 g/mol. The summed E-state index contributed by atoms with van der Waals surface area (Å²) in [5, 5.41) is 3.36. The predicted molar refractivity (Wildman–Crippen MR) is 76.2 cm³/mol. The van der Waals surface area contributed by atoms with Crippen molar-refractivity contribution in [3.8, 4) is 5.75 Å². The Labute approximate surface area is 122 Å². The zero-order chi connectivity index (χ0) is 15.2. The SMILES string of the molecule is CCC(NCc1cncn1C)c1ccccc1OC(F)F. The van der Waals surface area contributed by atoms with Crippen LogP contribution in [0.15, 0.2) is 36.8 Å². The van der Waals surface area contributed by atoms with Crippen LogP contribution in [0.25, 0.3) is 0 Å². The van der Waals surface area contributed by atoms with Crippen LogP contribution in [0.1, 0.15) is 30.6 Å². The maximum absolute atomic E-state index is 12.5. The summed E-state index contributed by atoms with van der Waals surface area (Å²) in [5.74, 6) is 0.219. The van der Waals surface area contributed by atoms with Gasteiger partial charge in [-0.3, -0.25) is 0 Å². The van der Waals surface area contributed by atoms with Gasteiger partial charge in [0.25, 0.3) is 0 Å². The molecule has 1 unspecified atom stereocenters. The maximum atomic E-state index is 12.5. The van der Waals surface area contributed by atoms with E-state index in [-0.39, 0.29) is 11.8 Å². The van der Waals surface area contributed by atoms with Gasteiger partial charge < -0.3 is 14.6 Å². The molecule has 2 rings (SSSR count). The van der Waals surface area contributed by atoms with E-state index in [1.165, 1.54) is 0 Å². The van der Waals surface area contributed by atoms with E-state index in [0.29, 0.717) is 6.54 Å². The minimum Gasteiger partial charge on any atom is -0.434 e. The number of nitrogens with zero attached hydrogens (tertiary/aromatic N) is 2. The fourth-order valence-electron chi connectivity index (χ4n) is 2.23. The van der Waals surface area contributed by atoms with Gasteiger partial charge in [-0.05, 0) is 12.5 Å². The van der Waals surface area contributed by atoms with Crippen molar-refractivity contribution in [3.63, 3.8) is 0 Å². The number of para-hydroxylation sites is 1. The molecule has 0 saturated carbocycles. The molecule has 114 valence electrons. The quantitative estimate of drug-likeness (QED) is 0.852. The number of benzene rings is 1. The Hall–Kier alpha value is -1.95. The third kappa shape index (κ3) is 4.01. The van der Waals surface area contributed by atoms with Crippen molar-refractivity contribution >= 4 is 0 Å². The third-order valence-corrected chi connectivity index (χ3v) is 3.36. The van der Waals surface area contributed by atoms with Crippen LogP contribution < -0.4 is 10.1 Å². The second-order valence-electron chi connectivity index (χ2n) is 4.75. The maximum Gasteiger partial charge on any atom is 0.387 e. The molecule has 21 heavy (non-hydrogen) atoms. The lowest BCUT2D eigenvalue weighted by Crippen LogP contribution is -2.22. The lowest BCUT2D eigenvalue weighted by molar-refractivity contribution is -0.0507. The topological polar surface area (TPSA) is 39.1 Å². The number of alkyl halides is 2. The second kappa shape index (κ2) is 7.17. The van der Waals surface area contributed by atoms with Gasteiger partial charge in [-0.1, -0.05) is 25.1 Å². The van der Waals surface area contributed by atoms with Crippen LogP contribution in [0.5, 0.6) is 5.75 Å². The van der Waals surface area contributed by atoms with E-state index in [2.05, 4.69) is 15.0 Å². The largest absolute Gasteiger partial charge is 0.434 e. The van der Waals surface area contributed by atoms with E-state index >= 15 is 0 Å². The molecule has 1 N–H and O–H groups in total. The van der Waals surface area contributed by atoms with E-state index < -0.39 is 6.61 Å². The number of rotatable bonds is 7. The minimum atomic E-state index is -2.82. The number of imidazole rings is 1. The number of aryl methyl sites for hydroxylation is 1. The number of hydrogen-bond donors (Lipinski definition) is 1. The average Bonchev–Trinajstić information content (AvgIpc) is 2.86. The van der Waals surface area contributed by atoms with Gasteiger partial charge in [-0.2, -0.15) is 8.78 Å². The van der Waals surface area contributed by atoms with Gasteiger partial charge in [-0.25, -0.2) is 4.98 Å². The molecular weight excluding hydrogens is 276 g/mol. The van der Waals surface area contributed by atoms with Crippen molar-refractivity contribution in [2.45, 2.75) is 32.5 Å². The lowest BCUT2D eigenvalue weighted by atomic mass is 10.0. The summed E-state index contributed by atoms with van der Waals surface area (Å²) >= 11 is 0. The van der Waals surface area contributed by atoms with Crippen molar-refractivity contribution in [1.29, 1.82) is 0 Å². The first kappa shape index (κ1) is 15.4. The molecule has 2 aromatic rings. The lowest BCUT2D eigenvalue weighted by Gasteiger charge is -2.20. The normalized spacial score (nSPS) is 12.6. The molecule has 1 atom stereocenters. The molecule has 0 fully saturated rings. The van der Waals surface area contributed by atoms with Crippen LogP contribution in [-0.4, -0.2) is 16.2 Å². The number of nitrogens with one attached hydrogen (secondary N) is 1. The highest BCUT2D eigenvalue weighted by Gasteiger charge is 2.16. The van der Waals surface area contributed by atoms with E-state index in [1.54, 1.807) is 24.7 Å². The molecule has 0 saturated heterocycles. The van der Waals surface area contributed by atoms with E-state index in [0.717, 1.165) is 17.7 Å². The van der Waals surface area contributed by atoms with Crippen LogP contribution in [0.2, 0.25) is 0 Å². The first-order chi connectivity index (χ1) is 10.1. The highest BCUT2D eigenvalue weighted by atomic mass is 19.3. The van der Waals surface area contributed by atoms with Crippen LogP contribution >= 0.6 is 0 Å². The van der Waals surface area contributed by atoms with Crippen LogP contribution in [0, 0.1) is 0 Å². The first-order valence-electron chi connectivity index (χ1n) is 6.84. The zero-order valence-corrected chi connectivity index (χ0v) is 12.1. The van der Waals surface area contributed by atoms with Crippen molar-refractivity contribution in [2.75, 3.05) is 0 Å². The van der Waals surface area contributed by atoms with Crippen LogP contribution in [0.3, 0.4) is 0 Å². The van der Waals surface area contributed by atoms with Crippen molar-refractivity contribution in [2.24, 2.45) is 7.05 Å². The number of hydrogen-bond acceptors (Lipinski definition) is 3. The molecule has 6 heteroatoms. The summed E-state index contributed by atoms with van der Waals surface area (Å²) in [6.07, 6.45) is 4.27. The Morgan fingerprint density at radius 1 is 1.33 bits per heavy atom. The molecule has 1 aromatic carbocycles. The minimum absolute atomic E-state index is 0.0603. The molecule has 1 heterocycles. The van der Waals surface area contributed by atoms with Gasteiger partial charge in [0.15, 0.2) is 0 Å². The van der Waals surface area contributed by atoms with Crippen LogP contribution in [-0.2, 0) is 13.6 Å².